The minimum Gasteiger partial charge on any atom is -0.494 e. The lowest BCUT2D eigenvalue weighted by Crippen LogP contribution is -2.46. The van der Waals surface area contributed by atoms with Crippen molar-refractivity contribution in [3.8, 4) is 5.75 Å². The molecule has 2 rings (SSSR count). The number of non-ortho nitro benzene ring substituents is 1. The highest BCUT2D eigenvalue weighted by atomic mass is 16.6. The largest absolute Gasteiger partial charge is 0.494 e. The van der Waals surface area contributed by atoms with Crippen molar-refractivity contribution in [2.24, 2.45) is 5.92 Å². The van der Waals surface area contributed by atoms with Gasteiger partial charge in [0.2, 0.25) is 5.91 Å². The predicted octanol–water partition coefficient (Wildman–Crippen LogP) is 2.66. The second-order valence-corrected chi connectivity index (χ2v) is 6.05. The maximum absolute atomic E-state index is 12.5. The number of ether oxygens (including phenoxy) is 1. The van der Waals surface area contributed by atoms with Crippen LogP contribution in [0.3, 0.4) is 0 Å². The zero-order chi connectivity index (χ0) is 17.0. The van der Waals surface area contributed by atoms with E-state index in [0.717, 1.165) is 19.5 Å². The van der Waals surface area contributed by atoms with E-state index in [-0.39, 0.29) is 23.4 Å². The second-order valence-electron chi connectivity index (χ2n) is 6.05. The van der Waals surface area contributed by atoms with E-state index in [9.17, 15) is 14.9 Å². The summed E-state index contributed by atoms with van der Waals surface area (Å²) in [5, 5.41) is 13.6. The number of amides is 1. The Morgan fingerprint density at radius 2 is 2.26 bits per heavy atom. The molecular weight excluding hydrogens is 298 g/mol. The third-order valence-corrected chi connectivity index (χ3v) is 4.27. The van der Waals surface area contributed by atoms with Crippen molar-refractivity contribution < 1.29 is 14.5 Å². The standard InChI is InChI=1S/C16H23N3O4/c1-11-5-4-8-18(10-11)12(2)16(20)17-14-7-6-13(19(21)22)9-15(14)23-3/h6-7,9,11-12H,4-5,8,10H2,1-3H3,(H,17,20)/t11-,12+/m1/s1. The summed E-state index contributed by atoms with van der Waals surface area (Å²) >= 11 is 0. The summed E-state index contributed by atoms with van der Waals surface area (Å²) in [6.45, 7) is 5.89. The van der Waals surface area contributed by atoms with E-state index < -0.39 is 4.92 Å². The molecule has 0 saturated carbocycles. The normalized spacial score (nSPS) is 19.9. The van der Waals surface area contributed by atoms with E-state index in [1.165, 1.54) is 31.7 Å². The molecule has 7 heteroatoms. The molecular formula is C16H23N3O4. The minimum atomic E-state index is -0.494. The molecule has 1 aliphatic heterocycles. The Morgan fingerprint density at radius 1 is 1.52 bits per heavy atom. The van der Waals surface area contributed by atoms with Crippen LogP contribution in [0, 0.1) is 16.0 Å². The van der Waals surface area contributed by atoms with Gasteiger partial charge in [0.25, 0.3) is 5.69 Å². The number of rotatable bonds is 5. The topological polar surface area (TPSA) is 84.7 Å². The molecule has 126 valence electrons. The van der Waals surface area contributed by atoms with E-state index in [1.807, 2.05) is 6.92 Å². The number of piperidine rings is 1. The van der Waals surface area contributed by atoms with Crippen LogP contribution in [0.15, 0.2) is 18.2 Å². The van der Waals surface area contributed by atoms with Crippen LogP contribution in [0.2, 0.25) is 0 Å². The number of methoxy groups -OCH3 is 1. The monoisotopic (exact) mass is 321 g/mol. The van der Waals surface area contributed by atoms with Gasteiger partial charge in [-0.2, -0.15) is 0 Å². The van der Waals surface area contributed by atoms with Crippen molar-refractivity contribution in [1.29, 1.82) is 0 Å². The Bertz CT molecular complexity index is 591. The number of nitro benzene ring substituents is 1. The Morgan fingerprint density at radius 3 is 2.87 bits per heavy atom. The van der Waals surface area contributed by atoms with Gasteiger partial charge in [-0.15, -0.1) is 0 Å². The van der Waals surface area contributed by atoms with Crippen molar-refractivity contribution in [2.75, 3.05) is 25.5 Å². The van der Waals surface area contributed by atoms with Gasteiger partial charge in [0.15, 0.2) is 0 Å². The average Bonchev–Trinajstić information content (AvgIpc) is 2.54. The number of carbonyl (C=O) groups excluding carboxylic acids is 1. The Labute approximate surface area is 135 Å². The number of nitrogens with zero attached hydrogens (tertiary/aromatic N) is 2. The summed E-state index contributed by atoms with van der Waals surface area (Å²) in [5.41, 5.74) is 0.373. The summed E-state index contributed by atoms with van der Waals surface area (Å²) in [5.74, 6) is 0.742. The minimum absolute atomic E-state index is 0.0715. The van der Waals surface area contributed by atoms with Crippen molar-refractivity contribution in [3.63, 3.8) is 0 Å². The van der Waals surface area contributed by atoms with Gasteiger partial charge in [0.1, 0.15) is 5.75 Å². The molecule has 7 nitrogen and oxygen atoms in total. The van der Waals surface area contributed by atoms with Crippen LogP contribution in [0.25, 0.3) is 0 Å². The molecule has 2 atom stereocenters. The summed E-state index contributed by atoms with van der Waals surface area (Å²) in [6.07, 6.45) is 2.29. The molecule has 1 aliphatic rings. The highest BCUT2D eigenvalue weighted by Crippen LogP contribution is 2.29. The number of nitrogens with one attached hydrogen (secondary N) is 1. The lowest BCUT2D eigenvalue weighted by atomic mass is 9.99. The number of nitro groups is 1. The van der Waals surface area contributed by atoms with Crippen LogP contribution in [0.5, 0.6) is 5.75 Å². The van der Waals surface area contributed by atoms with Gasteiger partial charge in [0.05, 0.1) is 29.8 Å². The smallest absolute Gasteiger partial charge is 0.273 e. The maximum atomic E-state index is 12.5. The van der Waals surface area contributed by atoms with Crippen LogP contribution >= 0.6 is 0 Å². The third-order valence-electron chi connectivity index (χ3n) is 4.27. The van der Waals surface area contributed by atoms with Crippen molar-refractivity contribution in [3.05, 3.63) is 28.3 Å². The summed E-state index contributed by atoms with van der Waals surface area (Å²) in [4.78, 5) is 24.9. The summed E-state index contributed by atoms with van der Waals surface area (Å²) < 4.78 is 5.15. The number of anilines is 1. The fourth-order valence-corrected chi connectivity index (χ4v) is 2.88. The van der Waals surface area contributed by atoms with Crippen LogP contribution in [0.4, 0.5) is 11.4 Å². The fraction of sp³-hybridized carbons (Fsp3) is 0.562. The highest BCUT2D eigenvalue weighted by Gasteiger charge is 2.26. The molecule has 0 unspecified atom stereocenters. The summed E-state index contributed by atoms with van der Waals surface area (Å²) in [7, 11) is 1.42. The first-order valence-corrected chi connectivity index (χ1v) is 7.79. The van der Waals surface area contributed by atoms with Gasteiger partial charge in [0, 0.05) is 12.6 Å². The molecule has 1 fully saturated rings. The first-order chi connectivity index (χ1) is 10.9. The molecule has 0 aliphatic carbocycles. The van der Waals surface area contributed by atoms with E-state index >= 15 is 0 Å². The summed E-state index contributed by atoms with van der Waals surface area (Å²) in [6, 6.07) is 3.91. The average molecular weight is 321 g/mol. The predicted molar refractivity (Wildman–Crippen MR) is 87.7 cm³/mol. The zero-order valence-corrected chi connectivity index (χ0v) is 13.7. The van der Waals surface area contributed by atoms with Crippen LogP contribution < -0.4 is 10.1 Å². The SMILES string of the molecule is COc1cc([N+](=O)[O-])ccc1NC(=O)[C@H](C)N1CCC[C@@H](C)C1. The molecule has 23 heavy (non-hydrogen) atoms. The number of carbonyl (C=O) groups is 1. The van der Waals surface area contributed by atoms with Crippen molar-refractivity contribution in [2.45, 2.75) is 32.7 Å². The van der Waals surface area contributed by atoms with E-state index in [4.69, 9.17) is 4.74 Å². The first-order valence-electron chi connectivity index (χ1n) is 7.79. The van der Waals surface area contributed by atoms with Crippen molar-refractivity contribution in [1.82, 2.24) is 4.90 Å². The Hall–Kier alpha value is -2.15. The fourth-order valence-electron chi connectivity index (χ4n) is 2.88. The number of likely N-dealkylation sites (tertiary alicyclic amines) is 1. The van der Waals surface area contributed by atoms with Gasteiger partial charge in [-0.05, 0) is 38.3 Å². The van der Waals surface area contributed by atoms with Crippen LogP contribution in [-0.2, 0) is 4.79 Å². The molecule has 1 N–H and O–H groups in total. The van der Waals surface area contributed by atoms with Crippen LogP contribution in [0.1, 0.15) is 26.7 Å². The van der Waals surface area contributed by atoms with E-state index in [0.29, 0.717) is 11.6 Å². The molecule has 0 aromatic heterocycles. The van der Waals surface area contributed by atoms with Gasteiger partial charge >= 0.3 is 0 Å². The van der Waals surface area contributed by atoms with E-state index in [1.54, 1.807) is 0 Å². The number of hydrogen-bond donors (Lipinski definition) is 1. The van der Waals surface area contributed by atoms with Gasteiger partial charge in [-0.1, -0.05) is 6.92 Å². The van der Waals surface area contributed by atoms with Gasteiger partial charge in [-0.25, -0.2) is 0 Å². The lowest BCUT2D eigenvalue weighted by molar-refractivity contribution is -0.384. The molecule has 0 radical (unpaired) electrons. The zero-order valence-electron chi connectivity index (χ0n) is 13.7. The highest BCUT2D eigenvalue weighted by molar-refractivity contribution is 5.96. The van der Waals surface area contributed by atoms with E-state index in [2.05, 4.69) is 17.1 Å². The Kier molecular flexibility index (Phi) is 5.54. The Balaban J connectivity index is 2.08. The van der Waals surface area contributed by atoms with Crippen molar-refractivity contribution >= 4 is 17.3 Å². The lowest BCUT2D eigenvalue weighted by Gasteiger charge is -2.34. The quantitative estimate of drug-likeness (QED) is 0.666. The molecule has 1 aromatic rings. The van der Waals surface area contributed by atoms with Crippen LogP contribution in [-0.4, -0.2) is 42.0 Å². The first kappa shape index (κ1) is 17.2. The molecule has 1 aromatic carbocycles. The second kappa shape index (κ2) is 7.41. The third kappa shape index (κ3) is 4.19. The molecule has 1 saturated heterocycles. The molecule has 1 amide bonds. The number of hydrogen-bond acceptors (Lipinski definition) is 5. The molecule has 0 spiro atoms. The van der Waals surface area contributed by atoms with Gasteiger partial charge in [-0.3, -0.25) is 19.8 Å². The molecule has 0 bridgehead atoms. The number of benzene rings is 1. The maximum Gasteiger partial charge on any atom is 0.273 e. The van der Waals surface area contributed by atoms with Gasteiger partial charge < -0.3 is 10.1 Å². The molecule has 1 heterocycles.